The van der Waals surface area contributed by atoms with Crippen molar-refractivity contribution in [2.75, 3.05) is 0 Å². The second-order valence-electron chi connectivity index (χ2n) is 11.5. The Kier molecular flexibility index (Phi) is 6.10. The van der Waals surface area contributed by atoms with Crippen molar-refractivity contribution in [2.24, 2.45) is 0 Å². The molecule has 0 radical (unpaired) electrons. The van der Waals surface area contributed by atoms with Crippen LogP contribution < -0.4 is 0 Å². The van der Waals surface area contributed by atoms with Crippen LogP contribution in [0, 0.1) is 0 Å². The van der Waals surface area contributed by atoms with Gasteiger partial charge in [-0.15, -0.1) is 0 Å². The summed E-state index contributed by atoms with van der Waals surface area (Å²) in [5.74, 6) is 0.653. The molecule has 0 aliphatic carbocycles. The first-order chi connectivity index (χ1) is 22.8. The van der Waals surface area contributed by atoms with Crippen LogP contribution in [0.25, 0.3) is 78.0 Å². The molecule has 0 aliphatic rings. The minimum atomic E-state index is 0.653. The number of para-hydroxylation sites is 2. The number of rotatable bonds is 5. The van der Waals surface area contributed by atoms with Gasteiger partial charge in [-0.2, -0.15) is 0 Å². The number of hydrogen-bond acceptors (Lipinski definition) is 2. The molecule has 4 nitrogen and oxygen atoms in total. The van der Waals surface area contributed by atoms with Crippen LogP contribution in [0.3, 0.4) is 0 Å². The Balaban J connectivity index is 1.23. The van der Waals surface area contributed by atoms with E-state index in [1.54, 1.807) is 0 Å². The van der Waals surface area contributed by atoms with Crippen LogP contribution in [-0.2, 0) is 0 Å². The number of nitrogens with zero attached hydrogens (tertiary/aromatic N) is 4. The molecule has 6 aromatic carbocycles. The van der Waals surface area contributed by atoms with E-state index < -0.39 is 0 Å². The smallest absolute Gasteiger partial charge is 0.235 e. The molecule has 3 heterocycles. The van der Waals surface area contributed by atoms with Crippen LogP contribution in [0.4, 0.5) is 0 Å². The van der Waals surface area contributed by atoms with E-state index in [4.69, 9.17) is 9.97 Å². The third-order valence-corrected chi connectivity index (χ3v) is 8.78. The van der Waals surface area contributed by atoms with Crippen molar-refractivity contribution in [3.05, 3.63) is 170 Å². The van der Waals surface area contributed by atoms with E-state index in [9.17, 15) is 0 Å². The third-order valence-electron chi connectivity index (χ3n) is 8.78. The lowest BCUT2D eigenvalue weighted by molar-refractivity contribution is 0.995. The van der Waals surface area contributed by atoms with Gasteiger partial charge in [0.2, 0.25) is 5.95 Å². The maximum absolute atomic E-state index is 5.17. The fraction of sp³-hybridized carbons (Fsp3) is 0. The Morgan fingerprint density at radius 2 is 1.00 bits per heavy atom. The van der Waals surface area contributed by atoms with E-state index >= 15 is 0 Å². The minimum Gasteiger partial charge on any atom is -0.317 e. The first-order valence-electron chi connectivity index (χ1n) is 15.5. The van der Waals surface area contributed by atoms with E-state index in [-0.39, 0.29) is 0 Å². The topological polar surface area (TPSA) is 35.6 Å². The maximum atomic E-state index is 5.17. The number of aromatic nitrogens is 4. The molecule has 0 saturated carbocycles. The van der Waals surface area contributed by atoms with Crippen LogP contribution in [0.15, 0.2) is 170 Å². The zero-order valence-corrected chi connectivity index (χ0v) is 25.0. The van der Waals surface area contributed by atoms with E-state index in [2.05, 4.69) is 167 Å². The number of hydrogen-bond donors (Lipinski definition) is 0. The van der Waals surface area contributed by atoms with Crippen molar-refractivity contribution in [3.8, 4) is 45.3 Å². The first kappa shape index (κ1) is 26.2. The zero-order valence-electron chi connectivity index (χ0n) is 25.0. The van der Waals surface area contributed by atoms with Crippen molar-refractivity contribution >= 4 is 32.7 Å². The molecule has 9 rings (SSSR count). The maximum Gasteiger partial charge on any atom is 0.235 e. The first-order valence-corrected chi connectivity index (χ1v) is 15.5. The van der Waals surface area contributed by atoms with Crippen molar-refractivity contribution in [1.82, 2.24) is 19.1 Å². The van der Waals surface area contributed by atoms with Crippen LogP contribution in [0.2, 0.25) is 0 Å². The SMILES string of the molecule is c1ccc(-c2cc(-c3ccccc3)nc(-n3c4ccccc4c4cc(-c5cccc(-n6ccc7ccccc76)c5)ccc43)n2)cc1. The van der Waals surface area contributed by atoms with Gasteiger partial charge in [0, 0.05) is 33.8 Å². The molecule has 0 unspecified atom stereocenters. The van der Waals surface area contributed by atoms with Gasteiger partial charge in [0.25, 0.3) is 0 Å². The zero-order chi connectivity index (χ0) is 30.5. The van der Waals surface area contributed by atoms with Gasteiger partial charge < -0.3 is 4.57 Å². The fourth-order valence-corrected chi connectivity index (χ4v) is 6.56. The molecule has 46 heavy (non-hydrogen) atoms. The van der Waals surface area contributed by atoms with E-state index in [0.717, 1.165) is 44.8 Å². The molecule has 4 heteroatoms. The van der Waals surface area contributed by atoms with E-state index in [0.29, 0.717) is 5.95 Å². The number of fused-ring (bicyclic) bond motifs is 4. The van der Waals surface area contributed by atoms with Crippen molar-refractivity contribution in [2.45, 2.75) is 0 Å². The predicted octanol–water partition coefficient (Wildman–Crippen LogP) is 10.5. The van der Waals surface area contributed by atoms with Crippen molar-refractivity contribution in [3.63, 3.8) is 0 Å². The molecule has 216 valence electrons. The summed E-state index contributed by atoms with van der Waals surface area (Å²) in [5.41, 5.74) is 10.7. The molecular weight excluding hydrogens is 560 g/mol. The highest BCUT2D eigenvalue weighted by molar-refractivity contribution is 6.10. The third kappa shape index (κ3) is 4.39. The van der Waals surface area contributed by atoms with Gasteiger partial charge >= 0.3 is 0 Å². The lowest BCUT2D eigenvalue weighted by Gasteiger charge is -2.12. The normalized spacial score (nSPS) is 11.5. The summed E-state index contributed by atoms with van der Waals surface area (Å²) in [6.45, 7) is 0. The number of benzene rings is 6. The summed E-state index contributed by atoms with van der Waals surface area (Å²) < 4.78 is 4.46. The molecule has 0 spiro atoms. The standard InChI is InChI=1S/C42H28N4/c1-3-12-29(13-4-1)37-28-38(30-14-5-2-6-15-30)44-42(43-37)46-40-21-10-8-19-35(40)36-27-33(22-23-41(36)46)32-17-11-18-34(26-32)45-25-24-31-16-7-9-20-39(31)45/h1-28H. The Bertz CT molecular complexity index is 2470. The van der Waals surface area contributed by atoms with Gasteiger partial charge in [0.1, 0.15) is 0 Å². The summed E-state index contributed by atoms with van der Waals surface area (Å²) in [6, 6.07) is 57.5. The van der Waals surface area contributed by atoms with E-state index in [1.807, 2.05) is 12.1 Å². The average molecular weight is 589 g/mol. The average Bonchev–Trinajstić information content (AvgIpc) is 3.72. The van der Waals surface area contributed by atoms with Crippen molar-refractivity contribution in [1.29, 1.82) is 0 Å². The van der Waals surface area contributed by atoms with Gasteiger partial charge in [-0.1, -0.05) is 115 Å². The summed E-state index contributed by atoms with van der Waals surface area (Å²) in [6.07, 6.45) is 2.15. The molecule has 0 fully saturated rings. The summed E-state index contributed by atoms with van der Waals surface area (Å²) in [5, 5.41) is 3.57. The molecule has 3 aromatic heterocycles. The molecule has 9 aromatic rings. The van der Waals surface area contributed by atoms with Gasteiger partial charge in [0.05, 0.1) is 27.9 Å². The highest BCUT2D eigenvalue weighted by atomic mass is 15.2. The highest BCUT2D eigenvalue weighted by Crippen LogP contribution is 2.36. The molecular formula is C42H28N4. The van der Waals surface area contributed by atoms with Crippen LogP contribution in [0.5, 0.6) is 0 Å². The molecule has 0 bridgehead atoms. The Labute approximate surface area is 266 Å². The lowest BCUT2D eigenvalue weighted by Crippen LogP contribution is -2.03. The largest absolute Gasteiger partial charge is 0.317 e. The molecule has 0 aliphatic heterocycles. The van der Waals surface area contributed by atoms with Crippen LogP contribution >= 0.6 is 0 Å². The molecule has 0 saturated heterocycles. The summed E-state index contributed by atoms with van der Waals surface area (Å²) in [7, 11) is 0. The lowest BCUT2D eigenvalue weighted by atomic mass is 10.0. The molecule has 0 N–H and O–H groups in total. The minimum absolute atomic E-state index is 0.653. The van der Waals surface area contributed by atoms with Gasteiger partial charge in [-0.25, -0.2) is 9.97 Å². The Hall–Kier alpha value is -6.26. The second kappa shape index (κ2) is 10.7. The predicted molar refractivity (Wildman–Crippen MR) is 190 cm³/mol. The molecule has 0 atom stereocenters. The quantitative estimate of drug-likeness (QED) is 0.200. The van der Waals surface area contributed by atoms with Gasteiger partial charge in [-0.3, -0.25) is 4.57 Å². The van der Waals surface area contributed by atoms with Crippen LogP contribution in [-0.4, -0.2) is 19.1 Å². The fourth-order valence-electron chi connectivity index (χ4n) is 6.56. The Morgan fingerprint density at radius 1 is 0.391 bits per heavy atom. The Morgan fingerprint density at radius 3 is 1.76 bits per heavy atom. The second-order valence-corrected chi connectivity index (χ2v) is 11.5. The summed E-state index contributed by atoms with van der Waals surface area (Å²) in [4.78, 5) is 10.3. The monoisotopic (exact) mass is 588 g/mol. The van der Waals surface area contributed by atoms with Crippen molar-refractivity contribution < 1.29 is 0 Å². The van der Waals surface area contributed by atoms with Gasteiger partial charge in [0.15, 0.2) is 0 Å². The highest BCUT2D eigenvalue weighted by Gasteiger charge is 2.17. The summed E-state index contributed by atoms with van der Waals surface area (Å²) >= 11 is 0. The van der Waals surface area contributed by atoms with Crippen LogP contribution in [0.1, 0.15) is 0 Å². The van der Waals surface area contributed by atoms with Gasteiger partial charge in [-0.05, 0) is 65.0 Å². The van der Waals surface area contributed by atoms with E-state index in [1.165, 1.54) is 27.2 Å². The molecule has 0 amide bonds.